The summed E-state index contributed by atoms with van der Waals surface area (Å²) in [4.78, 5) is 33.1. The van der Waals surface area contributed by atoms with E-state index in [0.29, 0.717) is 0 Å². The Morgan fingerprint density at radius 2 is 2.05 bits per heavy atom. The maximum absolute atomic E-state index is 11.8. The first kappa shape index (κ1) is 14.3. The molecule has 21 heavy (non-hydrogen) atoms. The maximum Gasteiger partial charge on any atom is 0.352 e. The van der Waals surface area contributed by atoms with Gasteiger partial charge in [0.1, 0.15) is 5.69 Å². The highest BCUT2D eigenvalue weighted by Crippen LogP contribution is 2.23. The number of carboxylic acid groups (broad SMARTS) is 1. The van der Waals surface area contributed by atoms with E-state index < -0.39 is 16.9 Å². The van der Waals surface area contributed by atoms with Crippen LogP contribution in [0.5, 0.6) is 0 Å². The number of nitro groups is 1. The third-order valence-electron chi connectivity index (χ3n) is 2.82. The van der Waals surface area contributed by atoms with Crippen molar-refractivity contribution in [2.24, 2.45) is 0 Å². The van der Waals surface area contributed by atoms with Gasteiger partial charge < -0.3 is 14.4 Å². The average Bonchev–Trinajstić information content (AvgIpc) is 2.95. The molecule has 0 saturated carbocycles. The van der Waals surface area contributed by atoms with Gasteiger partial charge in [0, 0.05) is 18.3 Å². The van der Waals surface area contributed by atoms with Crippen LogP contribution in [-0.2, 0) is 4.74 Å². The molecule has 0 aliphatic carbocycles. The molecule has 0 aliphatic heterocycles. The lowest BCUT2D eigenvalue weighted by molar-refractivity contribution is -0.384. The molecule has 0 fully saturated rings. The highest BCUT2D eigenvalue weighted by molar-refractivity contribution is 5.95. The fraction of sp³-hybridized carbons (Fsp3) is 0.0769. The Hall–Kier alpha value is -3.16. The van der Waals surface area contributed by atoms with E-state index in [1.165, 1.54) is 35.0 Å². The van der Waals surface area contributed by atoms with Gasteiger partial charge in [0.2, 0.25) is 0 Å². The van der Waals surface area contributed by atoms with Crippen LogP contribution in [0.1, 0.15) is 20.8 Å². The summed E-state index contributed by atoms with van der Waals surface area (Å²) in [6.07, 6.45) is 1.44. The summed E-state index contributed by atoms with van der Waals surface area (Å²) >= 11 is 0. The number of rotatable bonds is 4. The van der Waals surface area contributed by atoms with Gasteiger partial charge in [-0.05, 0) is 18.2 Å². The topological polar surface area (TPSA) is 112 Å². The Morgan fingerprint density at radius 3 is 2.62 bits per heavy atom. The molecule has 0 radical (unpaired) electrons. The van der Waals surface area contributed by atoms with Crippen LogP contribution in [0.3, 0.4) is 0 Å². The van der Waals surface area contributed by atoms with Gasteiger partial charge in [-0.1, -0.05) is 0 Å². The number of aromatic nitrogens is 1. The molecule has 0 bridgehead atoms. The molecule has 0 spiro atoms. The van der Waals surface area contributed by atoms with Gasteiger partial charge in [-0.25, -0.2) is 9.59 Å². The van der Waals surface area contributed by atoms with Gasteiger partial charge >= 0.3 is 11.9 Å². The minimum Gasteiger partial charge on any atom is -0.477 e. The van der Waals surface area contributed by atoms with Gasteiger partial charge in [0.25, 0.3) is 5.69 Å². The molecular weight excluding hydrogens is 280 g/mol. The quantitative estimate of drug-likeness (QED) is 0.522. The van der Waals surface area contributed by atoms with E-state index in [1.807, 2.05) is 0 Å². The third kappa shape index (κ3) is 2.59. The van der Waals surface area contributed by atoms with Crippen LogP contribution in [0, 0.1) is 10.1 Å². The van der Waals surface area contributed by atoms with E-state index >= 15 is 0 Å². The van der Waals surface area contributed by atoms with E-state index in [-0.39, 0.29) is 22.6 Å². The lowest BCUT2D eigenvalue weighted by atomic mass is 10.1. The van der Waals surface area contributed by atoms with Crippen molar-refractivity contribution in [3.8, 4) is 5.69 Å². The second-order valence-electron chi connectivity index (χ2n) is 4.02. The average molecular weight is 290 g/mol. The molecule has 1 aromatic carbocycles. The Labute approximate surface area is 118 Å². The molecule has 0 atom stereocenters. The second-order valence-corrected chi connectivity index (χ2v) is 4.02. The number of carbonyl (C=O) groups is 2. The monoisotopic (exact) mass is 290 g/mol. The zero-order chi connectivity index (χ0) is 15.6. The molecule has 0 amide bonds. The van der Waals surface area contributed by atoms with Crippen molar-refractivity contribution in [3.63, 3.8) is 0 Å². The Kier molecular flexibility index (Phi) is 3.70. The molecule has 2 aromatic rings. The van der Waals surface area contributed by atoms with Gasteiger partial charge in [0.05, 0.1) is 23.3 Å². The number of methoxy groups -OCH3 is 1. The van der Waals surface area contributed by atoms with E-state index in [4.69, 9.17) is 5.11 Å². The molecule has 8 heteroatoms. The fourth-order valence-electron chi connectivity index (χ4n) is 1.89. The van der Waals surface area contributed by atoms with Crippen molar-refractivity contribution in [2.75, 3.05) is 7.11 Å². The second kappa shape index (κ2) is 5.45. The Bertz CT molecular complexity index is 734. The Balaban J connectivity index is 2.68. The molecule has 1 heterocycles. The zero-order valence-corrected chi connectivity index (χ0v) is 10.8. The van der Waals surface area contributed by atoms with Gasteiger partial charge in [-0.3, -0.25) is 10.1 Å². The number of esters is 1. The van der Waals surface area contributed by atoms with Crippen LogP contribution < -0.4 is 0 Å². The van der Waals surface area contributed by atoms with Crippen molar-refractivity contribution < 1.29 is 24.4 Å². The standard InChI is InChI=1S/C13H10N2O6/c1-21-13(18)9-7-8(15(19)20)4-5-10(9)14-6-2-3-11(14)12(16)17/h2-7H,1H3,(H,16,17). The first-order chi connectivity index (χ1) is 9.95. The van der Waals surface area contributed by atoms with Crippen molar-refractivity contribution in [2.45, 2.75) is 0 Å². The zero-order valence-electron chi connectivity index (χ0n) is 10.8. The number of hydrogen-bond acceptors (Lipinski definition) is 5. The maximum atomic E-state index is 11.8. The highest BCUT2D eigenvalue weighted by Gasteiger charge is 2.20. The number of benzene rings is 1. The molecule has 0 unspecified atom stereocenters. The minimum absolute atomic E-state index is 0.0750. The molecule has 2 rings (SSSR count). The number of non-ortho nitro benzene ring substituents is 1. The molecule has 8 nitrogen and oxygen atoms in total. The van der Waals surface area contributed by atoms with Crippen molar-refractivity contribution in [3.05, 3.63) is 57.9 Å². The predicted molar refractivity (Wildman–Crippen MR) is 70.7 cm³/mol. The number of nitrogens with zero attached hydrogens (tertiary/aromatic N) is 2. The predicted octanol–water partition coefficient (Wildman–Crippen LogP) is 1.87. The van der Waals surface area contributed by atoms with Crippen LogP contribution in [0.15, 0.2) is 36.5 Å². The molecule has 0 saturated heterocycles. The van der Waals surface area contributed by atoms with Crippen LogP contribution >= 0.6 is 0 Å². The molecule has 0 aliphatic rings. The van der Waals surface area contributed by atoms with Crippen LogP contribution in [-0.4, -0.2) is 33.6 Å². The summed E-state index contributed by atoms with van der Waals surface area (Å²) in [5.41, 5.74) is -0.266. The van der Waals surface area contributed by atoms with Crippen molar-refractivity contribution in [1.29, 1.82) is 0 Å². The van der Waals surface area contributed by atoms with Gasteiger partial charge in [0.15, 0.2) is 0 Å². The van der Waals surface area contributed by atoms with Crippen molar-refractivity contribution >= 4 is 17.6 Å². The van der Waals surface area contributed by atoms with Crippen molar-refractivity contribution in [1.82, 2.24) is 4.57 Å². The minimum atomic E-state index is -1.19. The van der Waals surface area contributed by atoms with Gasteiger partial charge in [-0.15, -0.1) is 0 Å². The van der Waals surface area contributed by atoms with E-state index in [1.54, 1.807) is 0 Å². The number of carboxylic acids is 1. The smallest absolute Gasteiger partial charge is 0.352 e. The number of hydrogen-bond donors (Lipinski definition) is 1. The summed E-state index contributed by atoms with van der Waals surface area (Å²) in [5.74, 6) is -1.98. The number of carbonyl (C=O) groups excluding carboxylic acids is 1. The summed E-state index contributed by atoms with van der Waals surface area (Å²) < 4.78 is 5.84. The summed E-state index contributed by atoms with van der Waals surface area (Å²) in [5, 5.41) is 19.9. The van der Waals surface area contributed by atoms with E-state index in [9.17, 15) is 19.7 Å². The van der Waals surface area contributed by atoms with Gasteiger partial charge in [-0.2, -0.15) is 0 Å². The van der Waals surface area contributed by atoms with Crippen LogP contribution in [0.4, 0.5) is 5.69 Å². The first-order valence-electron chi connectivity index (χ1n) is 5.73. The molecular formula is C13H10N2O6. The lowest BCUT2D eigenvalue weighted by Crippen LogP contribution is -2.12. The normalized spacial score (nSPS) is 10.1. The largest absolute Gasteiger partial charge is 0.477 e. The lowest BCUT2D eigenvalue weighted by Gasteiger charge is -2.11. The fourth-order valence-corrected chi connectivity index (χ4v) is 1.89. The van der Waals surface area contributed by atoms with Crippen LogP contribution in [0.2, 0.25) is 0 Å². The molecule has 1 N–H and O–H groups in total. The number of nitro benzene ring substituents is 1. The summed E-state index contributed by atoms with van der Waals surface area (Å²) in [7, 11) is 1.14. The molecule has 108 valence electrons. The van der Waals surface area contributed by atoms with E-state index in [2.05, 4.69) is 4.74 Å². The number of aromatic carboxylic acids is 1. The molecule has 1 aromatic heterocycles. The van der Waals surface area contributed by atoms with E-state index in [0.717, 1.165) is 13.2 Å². The summed E-state index contributed by atoms with van der Waals surface area (Å²) in [6, 6.07) is 6.38. The third-order valence-corrected chi connectivity index (χ3v) is 2.82. The first-order valence-corrected chi connectivity index (χ1v) is 5.73. The summed E-state index contributed by atoms with van der Waals surface area (Å²) in [6.45, 7) is 0. The highest BCUT2D eigenvalue weighted by atomic mass is 16.6. The SMILES string of the molecule is COC(=O)c1cc([N+](=O)[O-])ccc1-n1cccc1C(=O)O. The number of ether oxygens (including phenoxy) is 1. The van der Waals surface area contributed by atoms with Crippen LogP contribution in [0.25, 0.3) is 5.69 Å². The Morgan fingerprint density at radius 1 is 1.33 bits per heavy atom.